The normalized spacial score (nSPS) is 10.8. The van der Waals surface area contributed by atoms with Crippen LogP contribution in [0.5, 0.6) is 5.75 Å². The minimum atomic E-state index is -0.557. The fourth-order valence-corrected chi connectivity index (χ4v) is 2.56. The number of likely N-dealkylation sites (N-methyl/N-ethyl adjacent to an activating group) is 1. The number of nitrogens with one attached hydrogen (secondary N) is 1. The standard InChI is InChI=1S/C18H20ClFN2O2/c1-12-4-7-17(24-3)13(8-12)10-22(2)11-18(23)21-16-6-5-14(19)9-15(16)20/h4-9H,10-11H2,1-3H3,(H,21,23). The number of rotatable bonds is 6. The Hall–Kier alpha value is -2.11. The summed E-state index contributed by atoms with van der Waals surface area (Å²) in [5.74, 6) is -0.0826. The minimum absolute atomic E-state index is 0.117. The van der Waals surface area contributed by atoms with Gasteiger partial charge in [0.15, 0.2) is 0 Å². The van der Waals surface area contributed by atoms with Crippen molar-refractivity contribution in [2.24, 2.45) is 0 Å². The van der Waals surface area contributed by atoms with Crippen molar-refractivity contribution in [1.29, 1.82) is 0 Å². The summed E-state index contributed by atoms with van der Waals surface area (Å²) in [6.45, 7) is 2.67. The van der Waals surface area contributed by atoms with Crippen LogP contribution in [0.25, 0.3) is 0 Å². The first-order valence-corrected chi connectivity index (χ1v) is 7.84. The van der Waals surface area contributed by atoms with Crippen LogP contribution in [-0.2, 0) is 11.3 Å². The van der Waals surface area contributed by atoms with E-state index in [1.54, 1.807) is 7.11 Å². The van der Waals surface area contributed by atoms with E-state index in [1.807, 2.05) is 37.1 Å². The van der Waals surface area contributed by atoms with Crippen LogP contribution in [0.3, 0.4) is 0 Å². The van der Waals surface area contributed by atoms with Crippen LogP contribution in [0.4, 0.5) is 10.1 Å². The number of hydrogen-bond acceptors (Lipinski definition) is 3. The molecule has 0 aliphatic carbocycles. The van der Waals surface area contributed by atoms with Gasteiger partial charge in [0, 0.05) is 17.1 Å². The van der Waals surface area contributed by atoms with E-state index in [0.717, 1.165) is 16.9 Å². The molecule has 6 heteroatoms. The van der Waals surface area contributed by atoms with E-state index in [9.17, 15) is 9.18 Å². The maximum absolute atomic E-state index is 13.7. The molecule has 24 heavy (non-hydrogen) atoms. The van der Waals surface area contributed by atoms with Gasteiger partial charge in [-0.05, 0) is 38.2 Å². The molecule has 0 fully saturated rings. The average Bonchev–Trinajstić information content (AvgIpc) is 2.50. The van der Waals surface area contributed by atoms with Crippen molar-refractivity contribution in [3.05, 3.63) is 58.4 Å². The molecule has 0 unspecified atom stereocenters. The van der Waals surface area contributed by atoms with Crippen LogP contribution in [0.2, 0.25) is 5.02 Å². The number of amides is 1. The third kappa shape index (κ3) is 4.94. The zero-order valence-corrected chi connectivity index (χ0v) is 14.7. The molecule has 0 bridgehead atoms. The molecule has 0 spiro atoms. The summed E-state index contributed by atoms with van der Waals surface area (Å²) < 4.78 is 19.0. The number of anilines is 1. The Bertz CT molecular complexity index is 737. The molecule has 1 amide bonds. The molecule has 4 nitrogen and oxygen atoms in total. The molecule has 2 aromatic rings. The molecule has 0 aromatic heterocycles. The fraction of sp³-hybridized carbons (Fsp3) is 0.278. The second-order valence-electron chi connectivity index (χ2n) is 5.66. The van der Waals surface area contributed by atoms with E-state index in [4.69, 9.17) is 16.3 Å². The van der Waals surface area contributed by atoms with Gasteiger partial charge in [0.1, 0.15) is 11.6 Å². The highest BCUT2D eigenvalue weighted by Gasteiger charge is 2.12. The van der Waals surface area contributed by atoms with E-state index in [2.05, 4.69) is 5.32 Å². The topological polar surface area (TPSA) is 41.6 Å². The predicted molar refractivity (Wildman–Crippen MR) is 94.1 cm³/mol. The first-order chi connectivity index (χ1) is 11.4. The molecule has 2 rings (SSSR count). The molecule has 0 radical (unpaired) electrons. The summed E-state index contributed by atoms with van der Waals surface area (Å²) in [4.78, 5) is 13.9. The Kier molecular flexibility index (Phi) is 6.17. The lowest BCUT2D eigenvalue weighted by molar-refractivity contribution is -0.117. The van der Waals surface area contributed by atoms with E-state index in [0.29, 0.717) is 6.54 Å². The van der Waals surface area contributed by atoms with Gasteiger partial charge in [-0.15, -0.1) is 0 Å². The third-order valence-electron chi connectivity index (χ3n) is 3.49. The number of aryl methyl sites for hydroxylation is 1. The molecule has 2 aromatic carbocycles. The van der Waals surface area contributed by atoms with Crippen molar-refractivity contribution in [3.8, 4) is 5.75 Å². The van der Waals surface area contributed by atoms with E-state index in [1.165, 1.54) is 18.2 Å². The third-order valence-corrected chi connectivity index (χ3v) is 3.73. The lowest BCUT2D eigenvalue weighted by Gasteiger charge is -2.18. The summed E-state index contributed by atoms with van der Waals surface area (Å²) in [7, 11) is 3.43. The van der Waals surface area contributed by atoms with Crippen molar-refractivity contribution in [2.45, 2.75) is 13.5 Å². The Morgan fingerprint density at radius 3 is 2.71 bits per heavy atom. The second kappa shape index (κ2) is 8.13. The summed E-state index contributed by atoms with van der Waals surface area (Å²) in [6.07, 6.45) is 0. The van der Waals surface area contributed by atoms with Gasteiger partial charge in [0.2, 0.25) is 5.91 Å². The zero-order chi connectivity index (χ0) is 17.7. The molecule has 0 aliphatic heterocycles. The van der Waals surface area contributed by atoms with Gasteiger partial charge in [0.25, 0.3) is 0 Å². The summed E-state index contributed by atoms with van der Waals surface area (Å²) in [6, 6.07) is 10.0. The lowest BCUT2D eigenvalue weighted by Crippen LogP contribution is -2.30. The predicted octanol–water partition coefficient (Wildman–Crippen LogP) is 3.87. The quantitative estimate of drug-likeness (QED) is 0.860. The molecule has 1 N–H and O–H groups in total. The Morgan fingerprint density at radius 2 is 2.04 bits per heavy atom. The highest BCUT2D eigenvalue weighted by atomic mass is 35.5. The monoisotopic (exact) mass is 350 g/mol. The SMILES string of the molecule is COc1ccc(C)cc1CN(C)CC(=O)Nc1ccc(Cl)cc1F. The number of hydrogen-bond donors (Lipinski definition) is 1. The molecular formula is C18H20ClFN2O2. The van der Waals surface area contributed by atoms with Crippen LogP contribution in [0.1, 0.15) is 11.1 Å². The lowest BCUT2D eigenvalue weighted by atomic mass is 10.1. The Morgan fingerprint density at radius 1 is 1.29 bits per heavy atom. The summed E-state index contributed by atoms with van der Waals surface area (Å²) >= 11 is 5.70. The number of ether oxygens (including phenoxy) is 1. The first kappa shape index (κ1) is 18.2. The first-order valence-electron chi connectivity index (χ1n) is 7.46. The van der Waals surface area contributed by atoms with Gasteiger partial charge in [-0.1, -0.05) is 29.3 Å². The zero-order valence-electron chi connectivity index (χ0n) is 13.9. The van der Waals surface area contributed by atoms with E-state index >= 15 is 0 Å². The molecular weight excluding hydrogens is 331 g/mol. The van der Waals surface area contributed by atoms with Crippen LogP contribution in [-0.4, -0.2) is 31.5 Å². The van der Waals surface area contributed by atoms with Crippen molar-refractivity contribution >= 4 is 23.2 Å². The fourth-order valence-electron chi connectivity index (χ4n) is 2.40. The largest absolute Gasteiger partial charge is 0.496 e. The van der Waals surface area contributed by atoms with Gasteiger partial charge in [0.05, 0.1) is 19.3 Å². The van der Waals surface area contributed by atoms with Crippen LogP contribution in [0.15, 0.2) is 36.4 Å². The molecule has 0 aliphatic rings. The van der Waals surface area contributed by atoms with Crippen LogP contribution in [0, 0.1) is 12.7 Å². The van der Waals surface area contributed by atoms with Crippen LogP contribution < -0.4 is 10.1 Å². The van der Waals surface area contributed by atoms with Crippen molar-refractivity contribution < 1.29 is 13.9 Å². The molecule has 0 atom stereocenters. The second-order valence-corrected chi connectivity index (χ2v) is 6.10. The van der Waals surface area contributed by atoms with Gasteiger partial charge < -0.3 is 10.1 Å². The number of halogens is 2. The van der Waals surface area contributed by atoms with Gasteiger partial charge in [-0.3, -0.25) is 9.69 Å². The Balaban J connectivity index is 1.98. The summed E-state index contributed by atoms with van der Waals surface area (Å²) in [5, 5.41) is 2.83. The maximum atomic E-state index is 13.7. The molecule has 0 heterocycles. The van der Waals surface area contributed by atoms with Gasteiger partial charge in [-0.2, -0.15) is 0 Å². The van der Waals surface area contributed by atoms with E-state index < -0.39 is 5.82 Å². The number of methoxy groups -OCH3 is 1. The number of nitrogens with zero attached hydrogens (tertiary/aromatic N) is 1. The molecule has 0 saturated heterocycles. The maximum Gasteiger partial charge on any atom is 0.238 e. The smallest absolute Gasteiger partial charge is 0.238 e. The Labute approximate surface area is 146 Å². The number of carbonyl (C=O) groups excluding carboxylic acids is 1. The molecule has 128 valence electrons. The summed E-state index contributed by atoms with van der Waals surface area (Å²) in [5.41, 5.74) is 2.23. The average molecular weight is 351 g/mol. The van der Waals surface area contributed by atoms with Crippen molar-refractivity contribution in [1.82, 2.24) is 4.90 Å². The molecule has 0 saturated carbocycles. The van der Waals surface area contributed by atoms with Crippen molar-refractivity contribution in [2.75, 3.05) is 26.0 Å². The van der Waals surface area contributed by atoms with Gasteiger partial charge >= 0.3 is 0 Å². The van der Waals surface area contributed by atoms with Crippen LogP contribution >= 0.6 is 11.6 Å². The highest BCUT2D eigenvalue weighted by Crippen LogP contribution is 2.21. The van der Waals surface area contributed by atoms with E-state index in [-0.39, 0.29) is 23.2 Å². The number of benzene rings is 2. The number of carbonyl (C=O) groups is 1. The van der Waals surface area contributed by atoms with Crippen molar-refractivity contribution in [3.63, 3.8) is 0 Å². The minimum Gasteiger partial charge on any atom is -0.496 e. The highest BCUT2D eigenvalue weighted by molar-refractivity contribution is 6.30. The van der Waals surface area contributed by atoms with Gasteiger partial charge in [-0.25, -0.2) is 4.39 Å².